The first-order chi connectivity index (χ1) is 16.0. The highest BCUT2D eigenvalue weighted by molar-refractivity contribution is 7.99. The fourth-order valence-electron chi connectivity index (χ4n) is 3.44. The number of aromatic nitrogens is 3. The highest BCUT2D eigenvalue weighted by atomic mass is 32.2. The zero-order chi connectivity index (χ0) is 23.4. The summed E-state index contributed by atoms with van der Waals surface area (Å²) < 4.78 is 7.34. The van der Waals surface area contributed by atoms with Gasteiger partial charge in [0.15, 0.2) is 11.0 Å². The summed E-state index contributed by atoms with van der Waals surface area (Å²) in [4.78, 5) is 12.7. The number of amides is 1. The SMILES string of the molecule is COc1ccccc1-n1c(SCC(=O)Nc2cccc(C)c2C)nnc1-c1ccccc1O. The summed E-state index contributed by atoms with van der Waals surface area (Å²) in [6.07, 6.45) is 0. The van der Waals surface area contributed by atoms with Crippen molar-refractivity contribution in [1.29, 1.82) is 0 Å². The Labute approximate surface area is 196 Å². The number of methoxy groups -OCH3 is 1. The first-order valence-corrected chi connectivity index (χ1v) is 11.3. The number of nitrogens with zero attached hydrogens (tertiary/aromatic N) is 3. The van der Waals surface area contributed by atoms with Gasteiger partial charge < -0.3 is 15.2 Å². The Morgan fingerprint density at radius 2 is 1.79 bits per heavy atom. The van der Waals surface area contributed by atoms with Gasteiger partial charge in [0, 0.05) is 5.69 Å². The lowest BCUT2D eigenvalue weighted by Crippen LogP contribution is -2.15. The van der Waals surface area contributed by atoms with Gasteiger partial charge in [-0.25, -0.2) is 0 Å². The fraction of sp³-hybridized carbons (Fsp3) is 0.160. The number of anilines is 1. The maximum atomic E-state index is 12.7. The molecule has 0 spiro atoms. The predicted molar refractivity (Wildman–Crippen MR) is 130 cm³/mol. The molecule has 1 heterocycles. The van der Waals surface area contributed by atoms with Crippen LogP contribution in [0.15, 0.2) is 71.9 Å². The Morgan fingerprint density at radius 1 is 1.03 bits per heavy atom. The highest BCUT2D eigenvalue weighted by Crippen LogP contribution is 2.35. The van der Waals surface area contributed by atoms with E-state index in [0.29, 0.717) is 28.0 Å². The van der Waals surface area contributed by atoms with Crippen molar-refractivity contribution >= 4 is 23.4 Å². The number of nitrogens with one attached hydrogen (secondary N) is 1. The van der Waals surface area contributed by atoms with Gasteiger partial charge in [-0.05, 0) is 55.3 Å². The molecule has 2 N–H and O–H groups in total. The molecule has 0 saturated carbocycles. The second kappa shape index (κ2) is 9.79. The molecule has 0 fully saturated rings. The number of hydrogen-bond donors (Lipinski definition) is 2. The topological polar surface area (TPSA) is 89.3 Å². The van der Waals surface area contributed by atoms with E-state index < -0.39 is 0 Å². The molecule has 33 heavy (non-hydrogen) atoms. The predicted octanol–water partition coefficient (Wildman–Crippen LogP) is 5.00. The quantitative estimate of drug-likeness (QED) is 0.378. The standard InChI is InChI=1S/C25H24N4O3S/c1-16-9-8-11-19(17(16)2)26-23(31)15-33-25-28-27-24(18-10-4-6-13-21(18)30)29(25)20-12-5-7-14-22(20)32-3/h4-14,30H,15H2,1-3H3,(H,26,31). The number of phenols is 1. The van der Waals surface area contributed by atoms with Gasteiger partial charge in [0.2, 0.25) is 5.91 Å². The minimum atomic E-state index is -0.146. The molecular formula is C25H24N4O3S. The van der Waals surface area contributed by atoms with Crippen molar-refractivity contribution in [3.8, 4) is 28.6 Å². The van der Waals surface area contributed by atoms with E-state index in [2.05, 4.69) is 15.5 Å². The number of rotatable bonds is 7. The van der Waals surface area contributed by atoms with Gasteiger partial charge in [0.25, 0.3) is 0 Å². The van der Waals surface area contributed by atoms with E-state index in [1.807, 2.05) is 62.4 Å². The van der Waals surface area contributed by atoms with Crippen LogP contribution in [-0.4, -0.2) is 38.6 Å². The Balaban J connectivity index is 1.67. The lowest BCUT2D eigenvalue weighted by atomic mass is 10.1. The number of para-hydroxylation sites is 3. The number of benzene rings is 3. The van der Waals surface area contributed by atoms with Crippen LogP contribution in [0.25, 0.3) is 17.1 Å². The molecular weight excluding hydrogens is 436 g/mol. The van der Waals surface area contributed by atoms with Crippen molar-refractivity contribution in [2.24, 2.45) is 0 Å². The molecule has 0 aliphatic heterocycles. The zero-order valence-corrected chi connectivity index (χ0v) is 19.4. The summed E-state index contributed by atoms with van der Waals surface area (Å²) in [5.41, 5.74) is 4.18. The number of hydrogen-bond acceptors (Lipinski definition) is 6. The fourth-order valence-corrected chi connectivity index (χ4v) is 4.18. The minimum Gasteiger partial charge on any atom is -0.507 e. The summed E-state index contributed by atoms with van der Waals surface area (Å²) in [5, 5.41) is 22.6. The molecule has 0 aliphatic carbocycles. The van der Waals surface area contributed by atoms with Gasteiger partial charge in [-0.2, -0.15) is 0 Å². The normalized spacial score (nSPS) is 10.8. The monoisotopic (exact) mass is 460 g/mol. The Bertz CT molecular complexity index is 1300. The van der Waals surface area contributed by atoms with Crippen molar-refractivity contribution in [3.63, 3.8) is 0 Å². The molecule has 7 nitrogen and oxygen atoms in total. The van der Waals surface area contributed by atoms with E-state index in [0.717, 1.165) is 16.8 Å². The number of carbonyl (C=O) groups is 1. The molecule has 4 rings (SSSR count). The van der Waals surface area contributed by atoms with Gasteiger partial charge in [-0.1, -0.05) is 48.2 Å². The molecule has 0 radical (unpaired) electrons. The number of thioether (sulfide) groups is 1. The maximum absolute atomic E-state index is 12.7. The molecule has 168 valence electrons. The van der Waals surface area contributed by atoms with Gasteiger partial charge in [-0.3, -0.25) is 9.36 Å². The van der Waals surface area contributed by atoms with Crippen LogP contribution >= 0.6 is 11.8 Å². The molecule has 3 aromatic carbocycles. The van der Waals surface area contributed by atoms with E-state index in [1.165, 1.54) is 11.8 Å². The van der Waals surface area contributed by atoms with Crippen LogP contribution in [0.2, 0.25) is 0 Å². The zero-order valence-electron chi connectivity index (χ0n) is 18.6. The maximum Gasteiger partial charge on any atom is 0.234 e. The van der Waals surface area contributed by atoms with E-state index >= 15 is 0 Å². The van der Waals surface area contributed by atoms with Crippen LogP contribution in [0.4, 0.5) is 5.69 Å². The van der Waals surface area contributed by atoms with E-state index in [-0.39, 0.29) is 17.4 Å². The average molecular weight is 461 g/mol. The minimum absolute atomic E-state index is 0.0882. The van der Waals surface area contributed by atoms with Crippen LogP contribution in [0.1, 0.15) is 11.1 Å². The van der Waals surface area contributed by atoms with E-state index in [1.54, 1.807) is 29.9 Å². The summed E-state index contributed by atoms with van der Waals surface area (Å²) in [6.45, 7) is 3.99. The summed E-state index contributed by atoms with van der Waals surface area (Å²) in [7, 11) is 1.59. The van der Waals surface area contributed by atoms with Crippen molar-refractivity contribution in [2.45, 2.75) is 19.0 Å². The Morgan fingerprint density at radius 3 is 2.58 bits per heavy atom. The molecule has 8 heteroatoms. The van der Waals surface area contributed by atoms with Crippen molar-refractivity contribution in [2.75, 3.05) is 18.2 Å². The first kappa shape index (κ1) is 22.4. The molecule has 1 aromatic heterocycles. The number of phenolic OH excluding ortho intramolecular Hbond substituents is 1. The summed E-state index contributed by atoms with van der Waals surface area (Å²) in [5.74, 6) is 1.16. The van der Waals surface area contributed by atoms with Crippen LogP contribution in [0.3, 0.4) is 0 Å². The van der Waals surface area contributed by atoms with Crippen LogP contribution in [-0.2, 0) is 4.79 Å². The van der Waals surface area contributed by atoms with E-state index in [4.69, 9.17) is 4.74 Å². The second-order valence-electron chi connectivity index (χ2n) is 7.41. The molecule has 0 atom stereocenters. The second-order valence-corrected chi connectivity index (χ2v) is 8.36. The van der Waals surface area contributed by atoms with E-state index in [9.17, 15) is 9.90 Å². The first-order valence-electron chi connectivity index (χ1n) is 10.4. The van der Waals surface area contributed by atoms with Gasteiger partial charge >= 0.3 is 0 Å². The van der Waals surface area contributed by atoms with Crippen LogP contribution in [0.5, 0.6) is 11.5 Å². The third kappa shape index (κ3) is 4.70. The number of aryl methyl sites for hydroxylation is 1. The molecule has 0 aliphatic rings. The lowest BCUT2D eigenvalue weighted by molar-refractivity contribution is -0.113. The smallest absolute Gasteiger partial charge is 0.234 e. The highest BCUT2D eigenvalue weighted by Gasteiger charge is 2.21. The van der Waals surface area contributed by atoms with Crippen molar-refractivity contribution in [3.05, 3.63) is 77.9 Å². The number of ether oxygens (including phenoxy) is 1. The van der Waals surface area contributed by atoms with Crippen LogP contribution in [0, 0.1) is 13.8 Å². The largest absolute Gasteiger partial charge is 0.507 e. The van der Waals surface area contributed by atoms with Gasteiger partial charge in [-0.15, -0.1) is 10.2 Å². The van der Waals surface area contributed by atoms with Crippen molar-refractivity contribution in [1.82, 2.24) is 14.8 Å². The van der Waals surface area contributed by atoms with Crippen molar-refractivity contribution < 1.29 is 14.6 Å². The molecule has 1 amide bonds. The molecule has 0 unspecified atom stereocenters. The Kier molecular flexibility index (Phi) is 6.65. The average Bonchev–Trinajstić information content (AvgIpc) is 3.24. The molecule has 0 saturated heterocycles. The third-order valence-electron chi connectivity index (χ3n) is 5.32. The third-order valence-corrected chi connectivity index (χ3v) is 6.24. The number of carbonyl (C=O) groups excluding carboxylic acids is 1. The molecule has 4 aromatic rings. The molecule has 0 bridgehead atoms. The summed E-state index contributed by atoms with van der Waals surface area (Å²) in [6, 6.07) is 20.2. The Hall–Kier alpha value is -3.78. The van der Waals surface area contributed by atoms with Gasteiger partial charge in [0.05, 0.1) is 24.1 Å². The van der Waals surface area contributed by atoms with Gasteiger partial charge in [0.1, 0.15) is 11.5 Å². The number of aromatic hydroxyl groups is 1. The lowest BCUT2D eigenvalue weighted by Gasteiger charge is -2.14. The summed E-state index contributed by atoms with van der Waals surface area (Å²) >= 11 is 1.26. The van der Waals surface area contributed by atoms with Crippen LogP contribution < -0.4 is 10.1 Å².